The number of benzene rings is 1. The van der Waals surface area contributed by atoms with E-state index in [1.165, 1.54) is 12.1 Å². The SMILES string of the molecule is Cc1ccc(S(=O)(=O)O)cc1.OCC1CC(F)(F)CN1. The van der Waals surface area contributed by atoms with Crippen molar-refractivity contribution in [2.45, 2.75) is 30.2 Å². The first-order valence-electron chi connectivity index (χ1n) is 5.90. The third-order valence-electron chi connectivity index (χ3n) is 2.73. The Bertz CT molecular complexity index is 531. The maximum Gasteiger partial charge on any atom is 0.294 e. The molecule has 5 nitrogen and oxygen atoms in total. The number of aliphatic hydroxyl groups excluding tert-OH is 1. The Balaban J connectivity index is 0.000000204. The molecule has 1 heterocycles. The fraction of sp³-hybridized carbons (Fsp3) is 0.500. The molecule has 8 heteroatoms. The molecule has 1 aromatic carbocycles. The van der Waals surface area contributed by atoms with Crippen molar-refractivity contribution in [3.8, 4) is 0 Å². The van der Waals surface area contributed by atoms with E-state index in [1.54, 1.807) is 12.1 Å². The van der Waals surface area contributed by atoms with Crippen LogP contribution in [0.1, 0.15) is 12.0 Å². The summed E-state index contributed by atoms with van der Waals surface area (Å²) in [7, 11) is -4.02. The summed E-state index contributed by atoms with van der Waals surface area (Å²) in [4.78, 5) is -0.0666. The van der Waals surface area contributed by atoms with Gasteiger partial charge in [0.25, 0.3) is 16.0 Å². The van der Waals surface area contributed by atoms with Crippen LogP contribution < -0.4 is 5.32 Å². The smallest absolute Gasteiger partial charge is 0.294 e. The molecule has 1 unspecified atom stereocenters. The zero-order valence-corrected chi connectivity index (χ0v) is 11.7. The Morgan fingerprint density at radius 3 is 2.20 bits per heavy atom. The molecular weight excluding hydrogens is 292 g/mol. The second-order valence-corrected chi connectivity index (χ2v) is 6.03. The zero-order chi connectivity index (χ0) is 15.4. The monoisotopic (exact) mass is 309 g/mol. The molecule has 0 bridgehead atoms. The summed E-state index contributed by atoms with van der Waals surface area (Å²) in [5.41, 5.74) is 0.956. The summed E-state index contributed by atoms with van der Waals surface area (Å²) in [5, 5.41) is 10.9. The van der Waals surface area contributed by atoms with Crippen molar-refractivity contribution < 1.29 is 26.9 Å². The van der Waals surface area contributed by atoms with Crippen LogP contribution in [0.3, 0.4) is 0 Å². The summed E-state index contributed by atoms with van der Waals surface area (Å²) in [5.74, 6) is -2.60. The number of rotatable bonds is 2. The molecule has 114 valence electrons. The quantitative estimate of drug-likeness (QED) is 0.715. The lowest BCUT2D eigenvalue weighted by molar-refractivity contribution is 0.0192. The topological polar surface area (TPSA) is 86.6 Å². The summed E-state index contributed by atoms with van der Waals surface area (Å²) in [6, 6.07) is 5.58. The zero-order valence-electron chi connectivity index (χ0n) is 10.9. The standard InChI is InChI=1S/C7H8O3S.C5H9F2NO/c1-6-2-4-7(5-3-6)11(8,9)10;6-5(7)1-4(2-9)8-3-5/h2-5H,1H3,(H,8,9,10);4,8-9H,1-3H2. The summed E-state index contributed by atoms with van der Waals surface area (Å²) < 4.78 is 54.0. The van der Waals surface area contributed by atoms with E-state index >= 15 is 0 Å². The van der Waals surface area contributed by atoms with Crippen LogP contribution in [0.15, 0.2) is 29.2 Å². The van der Waals surface area contributed by atoms with Crippen LogP contribution in [0, 0.1) is 6.92 Å². The van der Waals surface area contributed by atoms with Crippen molar-refractivity contribution >= 4 is 10.1 Å². The minimum atomic E-state index is -4.02. The van der Waals surface area contributed by atoms with Crippen LogP contribution in [-0.2, 0) is 10.1 Å². The lowest BCUT2D eigenvalue weighted by Gasteiger charge is -2.04. The number of aliphatic hydroxyl groups is 1. The van der Waals surface area contributed by atoms with Gasteiger partial charge in [-0.05, 0) is 19.1 Å². The second-order valence-electron chi connectivity index (χ2n) is 4.61. The molecule has 0 aromatic heterocycles. The van der Waals surface area contributed by atoms with Crippen LogP contribution in [0.5, 0.6) is 0 Å². The van der Waals surface area contributed by atoms with Gasteiger partial charge in [-0.3, -0.25) is 4.55 Å². The first kappa shape index (κ1) is 17.0. The number of alkyl halides is 2. The maximum absolute atomic E-state index is 12.2. The van der Waals surface area contributed by atoms with Crippen LogP contribution in [0.2, 0.25) is 0 Å². The highest BCUT2D eigenvalue weighted by atomic mass is 32.2. The molecule has 1 aliphatic rings. The van der Waals surface area contributed by atoms with E-state index in [0.29, 0.717) is 0 Å². The highest BCUT2D eigenvalue weighted by molar-refractivity contribution is 7.85. The minimum absolute atomic E-state index is 0.0666. The fourth-order valence-electron chi connectivity index (χ4n) is 1.64. The van der Waals surface area contributed by atoms with Gasteiger partial charge in [0, 0.05) is 12.5 Å². The number of halogens is 2. The van der Waals surface area contributed by atoms with Gasteiger partial charge in [-0.25, -0.2) is 8.78 Å². The average molecular weight is 309 g/mol. The third kappa shape index (κ3) is 5.49. The minimum Gasteiger partial charge on any atom is -0.395 e. The normalized spacial score (nSPS) is 21.1. The van der Waals surface area contributed by atoms with Crippen LogP contribution >= 0.6 is 0 Å². The Hall–Kier alpha value is -1.09. The summed E-state index contributed by atoms with van der Waals surface area (Å²) in [6.45, 7) is 1.35. The van der Waals surface area contributed by atoms with Gasteiger partial charge in [0.15, 0.2) is 0 Å². The van der Waals surface area contributed by atoms with Gasteiger partial charge >= 0.3 is 0 Å². The van der Waals surface area contributed by atoms with Crippen molar-refractivity contribution in [2.24, 2.45) is 0 Å². The third-order valence-corrected chi connectivity index (χ3v) is 3.60. The van der Waals surface area contributed by atoms with Gasteiger partial charge in [0.05, 0.1) is 18.0 Å². The molecule has 1 aliphatic heterocycles. The van der Waals surface area contributed by atoms with E-state index in [4.69, 9.17) is 9.66 Å². The largest absolute Gasteiger partial charge is 0.395 e. The van der Waals surface area contributed by atoms with Crippen molar-refractivity contribution in [1.82, 2.24) is 5.32 Å². The van der Waals surface area contributed by atoms with Crippen molar-refractivity contribution in [3.05, 3.63) is 29.8 Å². The predicted molar refractivity (Wildman–Crippen MR) is 69.4 cm³/mol. The van der Waals surface area contributed by atoms with Crippen LogP contribution in [0.25, 0.3) is 0 Å². The van der Waals surface area contributed by atoms with Crippen molar-refractivity contribution in [3.63, 3.8) is 0 Å². The Kier molecular flexibility index (Phi) is 5.58. The molecule has 0 radical (unpaired) electrons. The van der Waals surface area contributed by atoms with E-state index in [1.807, 2.05) is 6.92 Å². The molecule has 2 rings (SSSR count). The first-order valence-corrected chi connectivity index (χ1v) is 7.34. The molecular formula is C12H17F2NO4S. The molecule has 20 heavy (non-hydrogen) atoms. The lowest BCUT2D eigenvalue weighted by atomic mass is 10.2. The number of hydrogen-bond donors (Lipinski definition) is 3. The number of nitrogens with one attached hydrogen (secondary N) is 1. The first-order chi connectivity index (χ1) is 9.14. The highest BCUT2D eigenvalue weighted by Crippen LogP contribution is 2.24. The second kappa shape index (κ2) is 6.57. The van der Waals surface area contributed by atoms with Gasteiger partial charge in [0.2, 0.25) is 0 Å². The van der Waals surface area contributed by atoms with E-state index in [0.717, 1.165) is 5.56 Å². The molecule has 0 saturated carbocycles. The van der Waals surface area contributed by atoms with Crippen LogP contribution in [0.4, 0.5) is 8.78 Å². The Labute approximate surface area is 116 Å². The highest BCUT2D eigenvalue weighted by Gasteiger charge is 2.38. The molecule has 0 aliphatic carbocycles. The van der Waals surface area contributed by atoms with Crippen molar-refractivity contribution in [1.29, 1.82) is 0 Å². The van der Waals surface area contributed by atoms with Gasteiger partial charge in [0.1, 0.15) is 0 Å². The van der Waals surface area contributed by atoms with Gasteiger partial charge < -0.3 is 10.4 Å². The summed E-state index contributed by atoms with van der Waals surface area (Å²) >= 11 is 0. The lowest BCUT2D eigenvalue weighted by Crippen LogP contribution is -2.25. The van der Waals surface area contributed by atoms with E-state index in [9.17, 15) is 17.2 Å². The van der Waals surface area contributed by atoms with Crippen LogP contribution in [-0.4, -0.2) is 43.2 Å². The molecule has 1 saturated heterocycles. The fourth-order valence-corrected chi connectivity index (χ4v) is 2.12. The van der Waals surface area contributed by atoms with Gasteiger partial charge in [-0.1, -0.05) is 17.7 Å². The van der Waals surface area contributed by atoms with Gasteiger partial charge in [-0.15, -0.1) is 0 Å². The van der Waals surface area contributed by atoms with E-state index in [2.05, 4.69) is 5.32 Å². The Morgan fingerprint density at radius 2 is 1.90 bits per heavy atom. The molecule has 1 fully saturated rings. The van der Waals surface area contributed by atoms with E-state index in [-0.39, 0.29) is 24.5 Å². The molecule has 1 aromatic rings. The van der Waals surface area contributed by atoms with Crippen molar-refractivity contribution in [2.75, 3.05) is 13.2 Å². The molecule has 3 N–H and O–H groups in total. The van der Waals surface area contributed by atoms with E-state index < -0.39 is 22.1 Å². The maximum atomic E-state index is 12.2. The average Bonchev–Trinajstić information content (AvgIpc) is 2.69. The Morgan fingerprint density at radius 1 is 1.35 bits per heavy atom. The summed E-state index contributed by atoms with van der Waals surface area (Å²) in [6.07, 6.45) is -0.233. The molecule has 0 amide bonds. The molecule has 0 spiro atoms. The number of hydrogen-bond acceptors (Lipinski definition) is 4. The predicted octanol–water partition coefficient (Wildman–Crippen LogP) is 1.22. The number of aryl methyl sites for hydroxylation is 1. The molecule has 1 atom stereocenters. The van der Waals surface area contributed by atoms with Gasteiger partial charge in [-0.2, -0.15) is 8.42 Å².